The second-order valence-electron chi connectivity index (χ2n) is 8.02. The molecule has 0 bridgehead atoms. The normalized spacial score (nSPS) is 16.4. The molecule has 34 heavy (non-hydrogen) atoms. The Kier molecular flexibility index (Phi) is 6.85. The first kappa shape index (κ1) is 25.4. The van der Waals surface area contributed by atoms with Crippen molar-refractivity contribution in [1.82, 2.24) is 0 Å². The topological polar surface area (TPSA) is 176 Å². The molecule has 0 saturated heterocycles. The molecule has 12 heteroatoms. The van der Waals surface area contributed by atoms with Gasteiger partial charge >= 0.3 is 5.97 Å². The number of rotatable bonds is 2. The van der Waals surface area contributed by atoms with E-state index in [-0.39, 0.29) is 32.8 Å². The van der Waals surface area contributed by atoms with Crippen molar-refractivity contribution in [2.75, 3.05) is 18.6 Å². The maximum atomic E-state index is 11.8. The lowest BCUT2D eigenvalue weighted by Crippen LogP contribution is -2.24. The van der Waals surface area contributed by atoms with Crippen molar-refractivity contribution in [2.45, 2.75) is 36.5 Å². The second kappa shape index (κ2) is 9.18. The number of fused-ring (bicyclic) bond motifs is 2. The molecule has 0 spiro atoms. The van der Waals surface area contributed by atoms with Crippen LogP contribution in [0.25, 0.3) is 0 Å². The van der Waals surface area contributed by atoms with Crippen molar-refractivity contribution >= 4 is 37.5 Å². The van der Waals surface area contributed by atoms with Gasteiger partial charge in [0.15, 0.2) is 25.6 Å². The molecule has 0 aliphatic carbocycles. The van der Waals surface area contributed by atoms with Gasteiger partial charge in [-0.3, -0.25) is 4.79 Å². The number of esters is 1. The third-order valence-corrected chi connectivity index (χ3v) is 9.22. The zero-order valence-electron chi connectivity index (χ0n) is 18.9. The first-order chi connectivity index (χ1) is 15.8. The van der Waals surface area contributed by atoms with E-state index in [1.807, 2.05) is 0 Å². The van der Waals surface area contributed by atoms with Crippen molar-refractivity contribution in [3.8, 4) is 0 Å². The maximum Gasteiger partial charge on any atom is 0.338 e. The number of guanidine groups is 1. The van der Waals surface area contributed by atoms with Crippen LogP contribution in [-0.2, 0) is 37.3 Å². The number of nitrogens with zero attached hydrogens (tertiary/aromatic N) is 1. The summed E-state index contributed by atoms with van der Waals surface area (Å²) in [6.07, 6.45) is 1.01. The summed E-state index contributed by atoms with van der Waals surface area (Å²) in [7, 11) is -5.18. The number of carbonyl (C=O) groups is 2. The van der Waals surface area contributed by atoms with Gasteiger partial charge in [-0.05, 0) is 61.1 Å². The van der Waals surface area contributed by atoms with Gasteiger partial charge in [0.25, 0.3) is 5.91 Å². The summed E-state index contributed by atoms with van der Waals surface area (Å²) in [5, 5.41) is 0. The SMILES string of the molecule is COC(=O)c1cc2c(cc1C)CCS2(=O)=O.Cc1cc2c(cc1C(=O)N=C(N)N)S(=O)(=O)CC2. The Bertz CT molecular complexity index is 1440. The van der Waals surface area contributed by atoms with Gasteiger partial charge in [-0.2, -0.15) is 4.99 Å². The third kappa shape index (κ3) is 4.97. The highest BCUT2D eigenvalue weighted by atomic mass is 32.2. The molecule has 2 aromatic rings. The Morgan fingerprint density at radius 2 is 1.26 bits per heavy atom. The predicted molar refractivity (Wildman–Crippen MR) is 125 cm³/mol. The van der Waals surface area contributed by atoms with Crippen LogP contribution in [0.3, 0.4) is 0 Å². The fraction of sp³-hybridized carbons (Fsp3) is 0.318. The van der Waals surface area contributed by atoms with E-state index in [9.17, 15) is 26.4 Å². The second-order valence-corrected chi connectivity index (χ2v) is 12.2. The standard InChI is InChI=1S/C11H13N3O3S.C11H12O4S/c1-6-4-7-2-3-18(16,17)9(7)5-8(6)10(15)14-11(12)13;1-7-5-8-3-4-16(13,14)10(8)6-9(7)11(12)15-2/h4-5H,2-3H2,1H3,(H4,12,13,14,15);5-6H,3-4H2,1-2H3. The largest absolute Gasteiger partial charge is 0.465 e. The number of aliphatic imine (C=N–C) groups is 1. The Hall–Kier alpha value is -3.25. The summed E-state index contributed by atoms with van der Waals surface area (Å²) < 4.78 is 51.5. The van der Waals surface area contributed by atoms with Crippen LogP contribution in [0, 0.1) is 13.8 Å². The smallest absolute Gasteiger partial charge is 0.338 e. The lowest BCUT2D eigenvalue weighted by molar-refractivity contribution is 0.0599. The van der Waals surface area contributed by atoms with Crippen LogP contribution in [0.5, 0.6) is 0 Å². The van der Waals surface area contributed by atoms with E-state index in [0.717, 1.165) is 16.7 Å². The van der Waals surface area contributed by atoms with E-state index in [1.165, 1.54) is 19.2 Å². The number of aryl methyl sites for hydroxylation is 4. The average molecular weight is 508 g/mol. The number of amides is 1. The Morgan fingerprint density at radius 3 is 1.71 bits per heavy atom. The monoisotopic (exact) mass is 507 g/mol. The maximum absolute atomic E-state index is 11.8. The number of benzene rings is 2. The van der Waals surface area contributed by atoms with Gasteiger partial charge in [-0.25, -0.2) is 21.6 Å². The van der Waals surface area contributed by atoms with E-state index in [4.69, 9.17) is 11.5 Å². The number of sulfone groups is 2. The van der Waals surface area contributed by atoms with Crippen molar-refractivity contribution < 1.29 is 31.2 Å². The first-order valence-electron chi connectivity index (χ1n) is 10.2. The summed E-state index contributed by atoms with van der Waals surface area (Å²) >= 11 is 0. The lowest BCUT2D eigenvalue weighted by Gasteiger charge is -2.06. The van der Waals surface area contributed by atoms with E-state index in [2.05, 4.69) is 9.73 Å². The molecule has 0 fully saturated rings. The van der Waals surface area contributed by atoms with Gasteiger partial charge in [0, 0.05) is 5.56 Å². The molecule has 0 radical (unpaired) electrons. The predicted octanol–water partition coefficient (Wildman–Crippen LogP) is 0.850. The van der Waals surface area contributed by atoms with Gasteiger partial charge in [-0.1, -0.05) is 12.1 Å². The first-order valence-corrected chi connectivity index (χ1v) is 13.5. The van der Waals surface area contributed by atoms with Crippen molar-refractivity contribution in [1.29, 1.82) is 0 Å². The minimum atomic E-state index is -3.27. The van der Waals surface area contributed by atoms with Crippen LogP contribution < -0.4 is 11.5 Å². The number of nitrogens with two attached hydrogens (primary N) is 2. The van der Waals surface area contributed by atoms with Gasteiger partial charge in [0.05, 0.1) is 34.0 Å². The Morgan fingerprint density at radius 1 is 0.824 bits per heavy atom. The van der Waals surface area contributed by atoms with E-state index in [1.54, 1.807) is 26.0 Å². The molecular formula is C22H25N3O7S2. The highest BCUT2D eigenvalue weighted by Crippen LogP contribution is 2.30. The number of methoxy groups -OCH3 is 1. The van der Waals surface area contributed by atoms with Crippen molar-refractivity contribution in [2.24, 2.45) is 16.5 Å². The lowest BCUT2D eigenvalue weighted by atomic mass is 10.0. The zero-order chi connectivity index (χ0) is 25.4. The van der Waals surface area contributed by atoms with Gasteiger partial charge in [0.2, 0.25) is 0 Å². The molecular weight excluding hydrogens is 482 g/mol. The Labute approximate surface area is 197 Å². The molecule has 2 aliphatic heterocycles. The minimum absolute atomic E-state index is 0.0850. The summed E-state index contributed by atoms with van der Waals surface area (Å²) in [6.45, 7) is 3.50. The summed E-state index contributed by atoms with van der Waals surface area (Å²) in [5.74, 6) is -1.25. The molecule has 1 amide bonds. The van der Waals surface area contributed by atoms with Crippen molar-refractivity contribution in [3.63, 3.8) is 0 Å². The van der Waals surface area contributed by atoms with Crippen LogP contribution >= 0.6 is 0 Å². The van der Waals surface area contributed by atoms with Crippen molar-refractivity contribution in [3.05, 3.63) is 57.6 Å². The van der Waals surface area contributed by atoms with Gasteiger partial charge in [0.1, 0.15) is 0 Å². The highest BCUT2D eigenvalue weighted by molar-refractivity contribution is 7.92. The fourth-order valence-corrected chi connectivity index (χ4v) is 7.04. The fourth-order valence-electron chi connectivity index (χ4n) is 3.91. The molecule has 182 valence electrons. The van der Waals surface area contributed by atoms with Crippen LogP contribution in [0.1, 0.15) is 43.0 Å². The van der Waals surface area contributed by atoms with Crippen LogP contribution in [0.15, 0.2) is 39.0 Å². The zero-order valence-corrected chi connectivity index (χ0v) is 20.5. The summed E-state index contributed by atoms with van der Waals surface area (Å²) in [5.41, 5.74) is 13.8. The number of ether oxygens (including phenoxy) is 1. The molecule has 2 aliphatic rings. The van der Waals surface area contributed by atoms with E-state index >= 15 is 0 Å². The quantitative estimate of drug-likeness (QED) is 0.339. The summed E-state index contributed by atoms with van der Waals surface area (Å²) in [4.78, 5) is 27.1. The summed E-state index contributed by atoms with van der Waals surface area (Å²) in [6, 6.07) is 6.25. The molecule has 0 unspecified atom stereocenters. The van der Waals surface area contributed by atoms with E-state index < -0.39 is 31.6 Å². The Balaban J connectivity index is 0.000000192. The number of hydrogen-bond donors (Lipinski definition) is 2. The third-order valence-electron chi connectivity index (χ3n) is 5.63. The molecule has 0 atom stereocenters. The highest BCUT2D eigenvalue weighted by Gasteiger charge is 2.29. The minimum Gasteiger partial charge on any atom is -0.465 e. The van der Waals surface area contributed by atoms with Crippen LogP contribution in [0.2, 0.25) is 0 Å². The molecule has 2 heterocycles. The molecule has 2 aromatic carbocycles. The molecule has 4 rings (SSSR count). The van der Waals surface area contributed by atoms with Crippen LogP contribution in [0.4, 0.5) is 0 Å². The number of hydrogen-bond acceptors (Lipinski definition) is 7. The molecule has 0 aromatic heterocycles. The van der Waals surface area contributed by atoms with E-state index in [0.29, 0.717) is 24.0 Å². The average Bonchev–Trinajstić information content (AvgIpc) is 3.20. The van der Waals surface area contributed by atoms with Crippen LogP contribution in [-0.4, -0.2) is 53.3 Å². The molecule has 10 nitrogen and oxygen atoms in total. The molecule has 4 N–H and O–H groups in total. The van der Waals surface area contributed by atoms with Gasteiger partial charge in [-0.15, -0.1) is 0 Å². The molecule has 0 saturated carbocycles. The number of carbonyl (C=O) groups excluding carboxylic acids is 2. The van der Waals surface area contributed by atoms with Gasteiger partial charge < -0.3 is 16.2 Å².